The number of nitrogens with zero attached hydrogens (tertiary/aromatic N) is 2. The molecule has 0 bridgehead atoms. The Morgan fingerprint density at radius 1 is 1.07 bits per heavy atom. The minimum Gasteiger partial charge on any atom is -0.481 e. The standard InChI is InChI=1S/C32H34ClN5O4/c1-18-16-24(31(41)38-37-18)30(40)35-25-12-7-8-21(19(25)2)22-9-6-10-23(29(22)33)26-15-14-20(32(36-26)42-3)17-34-27-11-4-5-13-28(27)39/h6-10,12,14-16,27-28,34,39H,4-5,11,13,17H2,1-3H3,(H,35,40)(H,38,41)/t27-,28+/m1/s1. The van der Waals surface area contributed by atoms with Gasteiger partial charge in [0.2, 0.25) is 5.88 Å². The summed E-state index contributed by atoms with van der Waals surface area (Å²) >= 11 is 7.00. The molecule has 4 aromatic rings. The maximum absolute atomic E-state index is 12.9. The molecule has 2 atom stereocenters. The monoisotopic (exact) mass is 587 g/mol. The lowest BCUT2D eigenvalue weighted by atomic mass is 9.92. The Morgan fingerprint density at radius 3 is 2.60 bits per heavy atom. The van der Waals surface area contributed by atoms with Crippen molar-refractivity contribution >= 4 is 23.2 Å². The zero-order chi connectivity index (χ0) is 29.8. The topological polar surface area (TPSA) is 129 Å². The van der Waals surface area contributed by atoms with Crippen molar-refractivity contribution in [1.82, 2.24) is 20.5 Å². The molecule has 5 rings (SSSR count). The van der Waals surface area contributed by atoms with E-state index in [4.69, 9.17) is 21.3 Å². The summed E-state index contributed by atoms with van der Waals surface area (Å²) < 4.78 is 5.63. The van der Waals surface area contributed by atoms with Crippen molar-refractivity contribution < 1.29 is 14.6 Å². The fourth-order valence-corrected chi connectivity index (χ4v) is 5.71. The van der Waals surface area contributed by atoms with E-state index in [2.05, 4.69) is 20.8 Å². The summed E-state index contributed by atoms with van der Waals surface area (Å²) in [6.07, 6.45) is 3.60. The van der Waals surface area contributed by atoms with E-state index in [1.54, 1.807) is 20.1 Å². The highest BCUT2D eigenvalue weighted by atomic mass is 35.5. The molecular formula is C32H34ClN5O4. The Bertz CT molecular complexity index is 1670. The maximum Gasteiger partial charge on any atom is 0.277 e. The molecule has 42 heavy (non-hydrogen) atoms. The van der Waals surface area contributed by atoms with Gasteiger partial charge in [0, 0.05) is 35.0 Å². The Labute approximate surface area is 249 Å². The van der Waals surface area contributed by atoms with E-state index in [9.17, 15) is 14.7 Å². The van der Waals surface area contributed by atoms with Crippen LogP contribution in [-0.2, 0) is 6.54 Å². The third kappa shape index (κ3) is 6.23. The Balaban J connectivity index is 1.41. The van der Waals surface area contributed by atoms with Crippen LogP contribution in [0.3, 0.4) is 0 Å². The molecule has 10 heteroatoms. The minimum absolute atomic E-state index is 0.0130. The van der Waals surface area contributed by atoms with Crippen LogP contribution in [0.5, 0.6) is 5.88 Å². The second-order valence-electron chi connectivity index (χ2n) is 10.6. The van der Waals surface area contributed by atoms with Gasteiger partial charge in [0.05, 0.1) is 29.6 Å². The summed E-state index contributed by atoms with van der Waals surface area (Å²) in [7, 11) is 1.59. The highest BCUT2D eigenvalue weighted by Gasteiger charge is 2.23. The van der Waals surface area contributed by atoms with Gasteiger partial charge in [0.1, 0.15) is 5.56 Å². The second kappa shape index (κ2) is 12.9. The van der Waals surface area contributed by atoms with Gasteiger partial charge < -0.3 is 20.5 Å². The fourth-order valence-electron chi connectivity index (χ4n) is 5.39. The van der Waals surface area contributed by atoms with E-state index in [-0.39, 0.29) is 17.7 Å². The van der Waals surface area contributed by atoms with Crippen LogP contribution in [-0.4, -0.2) is 45.5 Å². The molecule has 4 N–H and O–H groups in total. The highest BCUT2D eigenvalue weighted by Crippen LogP contribution is 2.39. The smallest absolute Gasteiger partial charge is 0.277 e. The molecule has 1 aliphatic rings. The quantitative estimate of drug-likeness (QED) is 0.216. The number of H-pyrrole nitrogens is 1. The Kier molecular flexibility index (Phi) is 9.01. The summed E-state index contributed by atoms with van der Waals surface area (Å²) in [6.45, 7) is 4.13. The van der Waals surface area contributed by atoms with Crippen molar-refractivity contribution in [2.24, 2.45) is 0 Å². The first-order chi connectivity index (χ1) is 20.3. The normalized spacial score (nSPS) is 16.7. The third-order valence-corrected chi connectivity index (χ3v) is 8.15. The van der Waals surface area contributed by atoms with E-state index >= 15 is 0 Å². The summed E-state index contributed by atoms with van der Waals surface area (Å²) in [5.41, 5.74) is 5.23. The van der Waals surface area contributed by atoms with Gasteiger partial charge in [-0.15, -0.1) is 0 Å². The number of halogens is 1. The van der Waals surface area contributed by atoms with Crippen molar-refractivity contribution in [1.29, 1.82) is 0 Å². The number of methoxy groups -OCH3 is 1. The average Bonchev–Trinajstić information content (AvgIpc) is 2.99. The van der Waals surface area contributed by atoms with Gasteiger partial charge in [-0.25, -0.2) is 10.1 Å². The predicted molar refractivity (Wildman–Crippen MR) is 164 cm³/mol. The molecule has 218 valence electrons. The number of aryl methyl sites for hydroxylation is 1. The van der Waals surface area contributed by atoms with E-state index < -0.39 is 11.5 Å². The van der Waals surface area contributed by atoms with E-state index in [1.807, 2.05) is 49.4 Å². The molecule has 1 aliphatic carbocycles. The number of amides is 1. The predicted octanol–water partition coefficient (Wildman–Crippen LogP) is 5.42. The zero-order valence-electron chi connectivity index (χ0n) is 23.8. The van der Waals surface area contributed by atoms with Crippen LogP contribution >= 0.6 is 11.6 Å². The minimum atomic E-state index is -0.557. The van der Waals surface area contributed by atoms with Crippen LogP contribution in [0.2, 0.25) is 5.02 Å². The van der Waals surface area contributed by atoms with Gasteiger partial charge in [0.15, 0.2) is 0 Å². The molecule has 0 saturated heterocycles. The number of rotatable bonds is 8. The van der Waals surface area contributed by atoms with Crippen LogP contribution in [0, 0.1) is 13.8 Å². The van der Waals surface area contributed by atoms with Gasteiger partial charge >= 0.3 is 0 Å². The molecule has 1 saturated carbocycles. The lowest BCUT2D eigenvalue weighted by Crippen LogP contribution is -2.41. The first kappa shape index (κ1) is 29.4. The van der Waals surface area contributed by atoms with Gasteiger partial charge in [-0.2, -0.15) is 5.10 Å². The summed E-state index contributed by atoms with van der Waals surface area (Å²) in [4.78, 5) is 29.8. The molecule has 1 fully saturated rings. The van der Waals surface area contributed by atoms with Crippen molar-refractivity contribution in [2.75, 3.05) is 12.4 Å². The maximum atomic E-state index is 12.9. The highest BCUT2D eigenvalue weighted by molar-refractivity contribution is 6.36. The summed E-state index contributed by atoms with van der Waals surface area (Å²) in [6, 6.07) is 16.7. The van der Waals surface area contributed by atoms with Crippen LogP contribution < -0.4 is 20.9 Å². The Hall–Kier alpha value is -4.05. The van der Waals surface area contributed by atoms with Crippen LogP contribution in [0.25, 0.3) is 22.4 Å². The lowest BCUT2D eigenvalue weighted by Gasteiger charge is -2.28. The summed E-state index contributed by atoms with van der Waals surface area (Å²) in [5.74, 6) is -0.0280. The van der Waals surface area contributed by atoms with Gasteiger partial charge in [0.25, 0.3) is 11.5 Å². The number of ether oxygens (including phenoxy) is 1. The number of aromatic amines is 1. The third-order valence-electron chi connectivity index (χ3n) is 7.74. The van der Waals surface area contributed by atoms with Gasteiger partial charge in [-0.1, -0.05) is 60.8 Å². The molecule has 1 amide bonds. The van der Waals surface area contributed by atoms with Gasteiger partial charge in [-0.05, 0) is 56.0 Å². The molecule has 9 nitrogen and oxygen atoms in total. The number of benzene rings is 2. The number of carbonyl (C=O) groups excluding carboxylic acids is 1. The van der Waals surface area contributed by atoms with Crippen molar-refractivity contribution in [3.8, 4) is 28.3 Å². The van der Waals surface area contributed by atoms with E-state index in [0.717, 1.165) is 53.5 Å². The number of nitrogens with one attached hydrogen (secondary N) is 3. The molecule has 2 aromatic heterocycles. The number of aliphatic hydroxyl groups is 1. The van der Waals surface area contributed by atoms with Crippen molar-refractivity contribution in [2.45, 2.75) is 58.2 Å². The lowest BCUT2D eigenvalue weighted by molar-refractivity contribution is 0.0901. The zero-order valence-corrected chi connectivity index (χ0v) is 24.6. The van der Waals surface area contributed by atoms with Crippen molar-refractivity contribution in [3.63, 3.8) is 0 Å². The number of hydrogen-bond acceptors (Lipinski definition) is 7. The van der Waals surface area contributed by atoms with Crippen LogP contribution in [0.4, 0.5) is 5.69 Å². The molecule has 2 heterocycles. The van der Waals surface area contributed by atoms with E-state index in [1.165, 1.54) is 6.07 Å². The fraction of sp³-hybridized carbons (Fsp3) is 0.312. The largest absolute Gasteiger partial charge is 0.481 e. The number of anilines is 1. The number of aliphatic hydroxyl groups excluding tert-OH is 1. The summed E-state index contributed by atoms with van der Waals surface area (Å²) in [5, 5.41) is 23.3. The first-order valence-electron chi connectivity index (χ1n) is 14.0. The molecule has 2 aromatic carbocycles. The SMILES string of the molecule is COc1nc(-c2cccc(-c3cccc(NC(=O)c4cc(C)n[nH]c4=O)c3C)c2Cl)ccc1CN[C@@H]1CCCC[C@@H]1O. The average molecular weight is 588 g/mol. The van der Waals surface area contributed by atoms with Crippen LogP contribution in [0.1, 0.15) is 52.9 Å². The number of carbonyl (C=O) groups is 1. The van der Waals surface area contributed by atoms with Crippen molar-refractivity contribution in [3.05, 3.63) is 92.4 Å². The molecule has 0 aliphatic heterocycles. The molecular weight excluding hydrogens is 554 g/mol. The number of hydrogen-bond donors (Lipinski definition) is 4. The number of aromatic nitrogens is 3. The Morgan fingerprint density at radius 2 is 1.81 bits per heavy atom. The molecule has 0 radical (unpaired) electrons. The van der Waals surface area contributed by atoms with E-state index in [0.29, 0.717) is 34.5 Å². The molecule has 0 unspecified atom stereocenters. The number of pyridine rings is 1. The van der Waals surface area contributed by atoms with Crippen LogP contribution in [0.15, 0.2) is 59.4 Å². The molecule has 0 spiro atoms. The van der Waals surface area contributed by atoms with Gasteiger partial charge in [-0.3, -0.25) is 9.59 Å². The first-order valence-corrected chi connectivity index (χ1v) is 14.4. The second-order valence-corrected chi connectivity index (χ2v) is 10.9.